The van der Waals surface area contributed by atoms with Crippen LogP contribution in [0.1, 0.15) is 49.9 Å². The van der Waals surface area contributed by atoms with Crippen molar-refractivity contribution >= 4 is 28.8 Å². The molecule has 0 amide bonds. The summed E-state index contributed by atoms with van der Waals surface area (Å²) in [5.41, 5.74) is 6.12. The van der Waals surface area contributed by atoms with E-state index in [0.29, 0.717) is 5.92 Å². The Morgan fingerprint density at radius 2 is 2.12 bits per heavy atom. The third kappa shape index (κ3) is 3.46. The van der Waals surface area contributed by atoms with E-state index in [1.807, 2.05) is 12.1 Å². The Morgan fingerprint density at radius 1 is 1.41 bits per heavy atom. The van der Waals surface area contributed by atoms with Gasteiger partial charge in [-0.15, -0.1) is 11.3 Å². The minimum atomic E-state index is 0.134. The summed E-state index contributed by atoms with van der Waals surface area (Å²) < 4.78 is 0.818. The summed E-state index contributed by atoms with van der Waals surface area (Å²) >= 11 is 7.52. The van der Waals surface area contributed by atoms with Crippen LogP contribution in [0.15, 0.2) is 17.1 Å². The van der Waals surface area contributed by atoms with E-state index in [1.165, 1.54) is 37.0 Å². The predicted molar refractivity (Wildman–Crippen MR) is 75.9 cm³/mol. The third-order valence-corrected chi connectivity index (χ3v) is 4.77. The number of rotatable bonds is 3. The lowest BCUT2D eigenvalue weighted by atomic mass is 9.88. The predicted octanol–water partition coefficient (Wildman–Crippen LogP) is 4.40. The molecule has 1 aliphatic carbocycles. The van der Waals surface area contributed by atoms with Gasteiger partial charge >= 0.3 is 0 Å². The second-order valence-corrected chi connectivity index (χ2v) is 6.45. The number of nitrogens with zero attached hydrogens (tertiary/aromatic N) is 1. The van der Waals surface area contributed by atoms with Crippen LogP contribution in [0.25, 0.3) is 0 Å². The SMILES string of the molecule is CC(N=C(N)C1CCCCC1)c1ccc(Cl)s1. The van der Waals surface area contributed by atoms with Gasteiger partial charge in [-0.1, -0.05) is 30.9 Å². The molecule has 1 unspecified atom stereocenters. The van der Waals surface area contributed by atoms with Crippen LogP contribution in [0.4, 0.5) is 0 Å². The van der Waals surface area contributed by atoms with Crippen molar-refractivity contribution < 1.29 is 0 Å². The van der Waals surface area contributed by atoms with Gasteiger partial charge < -0.3 is 5.73 Å². The van der Waals surface area contributed by atoms with Crippen LogP contribution in [0.5, 0.6) is 0 Å². The van der Waals surface area contributed by atoms with Gasteiger partial charge in [0.2, 0.25) is 0 Å². The molecule has 0 saturated heterocycles. The van der Waals surface area contributed by atoms with Gasteiger partial charge in [0.15, 0.2) is 0 Å². The highest BCUT2D eigenvalue weighted by Crippen LogP contribution is 2.30. The molecule has 1 atom stereocenters. The fraction of sp³-hybridized carbons (Fsp3) is 0.615. The lowest BCUT2D eigenvalue weighted by molar-refractivity contribution is 0.435. The largest absolute Gasteiger partial charge is 0.387 e. The minimum Gasteiger partial charge on any atom is -0.387 e. The Morgan fingerprint density at radius 3 is 2.71 bits per heavy atom. The molecule has 0 radical (unpaired) electrons. The Bertz CT molecular complexity index is 394. The Balaban J connectivity index is 2.02. The van der Waals surface area contributed by atoms with E-state index in [0.717, 1.165) is 10.2 Å². The van der Waals surface area contributed by atoms with Crippen molar-refractivity contribution in [3.63, 3.8) is 0 Å². The van der Waals surface area contributed by atoms with Gasteiger partial charge in [0.25, 0.3) is 0 Å². The van der Waals surface area contributed by atoms with Crippen LogP contribution in [0, 0.1) is 5.92 Å². The normalized spacial score (nSPS) is 20.5. The molecule has 1 aliphatic rings. The van der Waals surface area contributed by atoms with Gasteiger partial charge in [-0.2, -0.15) is 0 Å². The van der Waals surface area contributed by atoms with E-state index in [2.05, 4.69) is 11.9 Å². The van der Waals surface area contributed by atoms with Gasteiger partial charge in [0.05, 0.1) is 16.2 Å². The molecule has 4 heteroatoms. The van der Waals surface area contributed by atoms with Crippen molar-refractivity contribution in [2.24, 2.45) is 16.6 Å². The first-order valence-electron chi connectivity index (χ1n) is 6.25. The number of amidine groups is 1. The van der Waals surface area contributed by atoms with Gasteiger partial charge in [0, 0.05) is 10.8 Å². The topological polar surface area (TPSA) is 38.4 Å². The van der Waals surface area contributed by atoms with Crippen LogP contribution in [0.3, 0.4) is 0 Å². The zero-order valence-corrected chi connectivity index (χ0v) is 11.7. The third-order valence-electron chi connectivity index (χ3n) is 3.37. The molecule has 17 heavy (non-hydrogen) atoms. The maximum atomic E-state index is 6.12. The number of nitrogens with two attached hydrogens (primary N) is 1. The number of aliphatic imine (C=N–C) groups is 1. The zero-order valence-electron chi connectivity index (χ0n) is 10.2. The lowest BCUT2D eigenvalue weighted by Crippen LogP contribution is -2.26. The highest BCUT2D eigenvalue weighted by Gasteiger charge is 2.18. The standard InChI is InChI=1S/C13H19ClN2S/c1-9(11-7-8-12(14)17-11)16-13(15)10-5-3-2-4-6-10/h7-10H,2-6H2,1H3,(H2,15,16). The molecule has 94 valence electrons. The fourth-order valence-corrected chi connectivity index (χ4v) is 3.39. The lowest BCUT2D eigenvalue weighted by Gasteiger charge is -2.21. The van der Waals surface area contributed by atoms with Crippen LogP contribution in [0.2, 0.25) is 4.34 Å². The molecular weight excluding hydrogens is 252 g/mol. The monoisotopic (exact) mass is 270 g/mol. The van der Waals surface area contributed by atoms with E-state index in [9.17, 15) is 0 Å². The van der Waals surface area contributed by atoms with E-state index >= 15 is 0 Å². The van der Waals surface area contributed by atoms with Gasteiger partial charge in [0.1, 0.15) is 0 Å². The van der Waals surface area contributed by atoms with Crippen molar-refractivity contribution in [3.8, 4) is 0 Å². The van der Waals surface area contributed by atoms with Crippen molar-refractivity contribution in [1.82, 2.24) is 0 Å². The van der Waals surface area contributed by atoms with Crippen molar-refractivity contribution in [2.45, 2.75) is 45.1 Å². The summed E-state index contributed by atoms with van der Waals surface area (Å²) in [6.45, 7) is 2.08. The second kappa shape index (κ2) is 5.87. The maximum Gasteiger partial charge on any atom is 0.0976 e. The number of hydrogen-bond acceptors (Lipinski definition) is 2. The van der Waals surface area contributed by atoms with E-state index in [1.54, 1.807) is 11.3 Å². The van der Waals surface area contributed by atoms with Gasteiger partial charge in [-0.05, 0) is 31.9 Å². The van der Waals surface area contributed by atoms with Crippen LogP contribution >= 0.6 is 22.9 Å². The second-order valence-electron chi connectivity index (χ2n) is 4.71. The molecule has 1 heterocycles. The molecule has 0 aromatic carbocycles. The van der Waals surface area contributed by atoms with Crippen molar-refractivity contribution in [3.05, 3.63) is 21.3 Å². The molecule has 2 rings (SSSR count). The first kappa shape index (κ1) is 12.9. The molecule has 0 bridgehead atoms. The average molecular weight is 271 g/mol. The van der Waals surface area contributed by atoms with Gasteiger partial charge in [-0.25, -0.2) is 0 Å². The Labute approximate surface area is 112 Å². The van der Waals surface area contributed by atoms with E-state index < -0.39 is 0 Å². The number of hydrogen-bond donors (Lipinski definition) is 1. The first-order valence-corrected chi connectivity index (χ1v) is 7.44. The van der Waals surface area contributed by atoms with Crippen molar-refractivity contribution in [1.29, 1.82) is 0 Å². The minimum absolute atomic E-state index is 0.134. The summed E-state index contributed by atoms with van der Waals surface area (Å²) in [5.74, 6) is 1.34. The van der Waals surface area contributed by atoms with Crippen LogP contribution in [-0.4, -0.2) is 5.84 Å². The number of thiophene rings is 1. The average Bonchev–Trinajstić information content (AvgIpc) is 2.77. The molecule has 0 aliphatic heterocycles. The summed E-state index contributed by atoms with van der Waals surface area (Å²) in [6, 6.07) is 4.09. The molecule has 1 saturated carbocycles. The molecule has 2 nitrogen and oxygen atoms in total. The fourth-order valence-electron chi connectivity index (χ4n) is 2.34. The molecule has 0 spiro atoms. The van der Waals surface area contributed by atoms with Crippen LogP contribution < -0.4 is 5.73 Å². The van der Waals surface area contributed by atoms with Crippen LogP contribution in [-0.2, 0) is 0 Å². The zero-order chi connectivity index (χ0) is 12.3. The van der Waals surface area contributed by atoms with Crippen molar-refractivity contribution in [2.75, 3.05) is 0 Å². The summed E-state index contributed by atoms with van der Waals surface area (Å²) in [7, 11) is 0. The first-order chi connectivity index (χ1) is 8.16. The Hall–Kier alpha value is -0.540. The molecule has 1 aromatic rings. The quantitative estimate of drug-likeness (QED) is 0.642. The highest BCUT2D eigenvalue weighted by molar-refractivity contribution is 7.16. The molecule has 2 N–H and O–H groups in total. The van der Waals surface area contributed by atoms with Gasteiger partial charge in [-0.3, -0.25) is 4.99 Å². The molecular formula is C13H19ClN2S. The number of halogens is 1. The highest BCUT2D eigenvalue weighted by atomic mass is 35.5. The molecule has 1 fully saturated rings. The molecule has 1 aromatic heterocycles. The summed E-state index contributed by atoms with van der Waals surface area (Å²) in [5, 5.41) is 0. The summed E-state index contributed by atoms with van der Waals surface area (Å²) in [4.78, 5) is 5.82. The smallest absolute Gasteiger partial charge is 0.0976 e. The van der Waals surface area contributed by atoms with E-state index in [4.69, 9.17) is 17.3 Å². The summed E-state index contributed by atoms with van der Waals surface area (Å²) in [6.07, 6.45) is 6.33. The van der Waals surface area contributed by atoms with E-state index in [-0.39, 0.29) is 6.04 Å². The maximum absolute atomic E-state index is 6.12. The Kier molecular flexibility index (Phi) is 4.46.